The number of hydrogen-bond acceptors (Lipinski definition) is 2. The Kier molecular flexibility index (Phi) is 7.70. The van der Waals surface area contributed by atoms with Crippen LogP contribution in [-0.4, -0.2) is 0 Å². The lowest BCUT2D eigenvalue weighted by Gasteiger charge is -2.30. The molecule has 10 aromatic carbocycles. The molecule has 0 bridgehead atoms. The van der Waals surface area contributed by atoms with Crippen LogP contribution in [0.4, 0.5) is 17.1 Å². The molecule has 14 rings (SSSR count). The number of hydrogen-bond donors (Lipinski definition) is 0. The summed E-state index contributed by atoms with van der Waals surface area (Å²) in [5.41, 5.74) is 25.0. The molecule has 2 nitrogen and oxygen atoms in total. The predicted octanol–water partition coefficient (Wildman–Crippen LogP) is 17.0. The summed E-state index contributed by atoms with van der Waals surface area (Å²) in [5, 5.41) is 2.27. The molecule has 0 saturated heterocycles. The van der Waals surface area contributed by atoms with E-state index in [4.69, 9.17) is 4.42 Å². The number of rotatable bonds is 5. The topological polar surface area (TPSA) is 16.4 Å². The second-order valence-corrected chi connectivity index (χ2v) is 18.7. The van der Waals surface area contributed by atoms with Gasteiger partial charge in [-0.1, -0.05) is 196 Å². The Morgan fingerprint density at radius 1 is 0.333 bits per heavy atom. The maximum absolute atomic E-state index is 7.03. The summed E-state index contributed by atoms with van der Waals surface area (Å²) in [7, 11) is 0. The van der Waals surface area contributed by atoms with E-state index in [9.17, 15) is 0 Å². The van der Waals surface area contributed by atoms with Crippen LogP contribution in [0.2, 0.25) is 0 Å². The number of nitrogens with zero attached hydrogens (tertiary/aromatic N) is 1. The van der Waals surface area contributed by atoms with Crippen molar-refractivity contribution in [3.63, 3.8) is 0 Å². The molecule has 0 amide bonds. The molecular weight excluding hydrogens is 799 g/mol. The molecule has 0 radical (unpaired) electrons. The van der Waals surface area contributed by atoms with Crippen LogP contribution >= 0.6 is 0 Å². The molecule has 0 fully saturated rings. The van der Waals surface area contributed by atoms with Gasteiger partial charge in [0.05, 0.1) is 11.1 Å². The van der Waals surface area contributed by atoms with Gasteiger partial charge in [-0.3, -0.25) is 0 Å². The zero-order valence-corrected chi connectivity index (χ0v) is 36.7. The first-order valence-corrected chi connectivity index (χ1v) is 23.1. The summed E-state index contributed by atoms with van der Waals surface area (Å²) in [6, 6.07) is 82.9. The minimum Gasteiger partial charge on any atom is -0.455 e. The molecule has 11 aromatic rings. The molecular formula is C64H43NO. The molecule has 0 unspecified atom stereocenters. The van der Waals surface area contributed by atoms with Crippen LogP contribution < -0.4 is 4.90 Å². The molecule has 0 saturated carbocycles. The Bertz CT molecular complexity index is 3750. The van der Waals surface area contributed by atoms with Gasteiger partial charge in [-0.25, -0.2) is 0 Å². The van der Waals surface area contributed by atoms with Crippen LogP contribution in [0.3, 0.4) is 0 Å². The van der Waals surface area contributed by atoms with Gasteiger partial charge < -0.3 is 9.32 Å². The van der Waals surface area contributed by atoms with E-state index in [1.54, 1.807) is 0 Å². The molecule has 1 aromatic heterocycles. The standard InChI is InChI=1S/C64H43NO/c1-63(2)54-26-11-6-20-46(54)50-36-35-43(37-58(50)63)65(60-30-15-10-19-44(60)40-17-4-3-5-18-40)42-33-31-41(32-34-42)45-24-16-25-51-53-38-59-52(39-61(53)66-62(45)51)49-23-9-14-29-57(49)64(59)55-27-12-7-21-47(55)48-22-8-13-28-56(48)64/h3-39H,1-2H3. The average Bonchev–Trinajstić information content (AvgIpc) is 4.06. The third-order valence-corrected chi connectivity index (χ3v) is 15.1. The fourth-order valence-electron chi connectivity index (χ4n) is 12.2. The van der Waals surface area contributed by atoms with Crippen molar-refractivity contribution in [2.45, 2.75) is 24.7 Å². The van der Waals surface area contributed by atoms with Crippen molar-refractivity contribution in [3.05, 3.63) is 258 Å². The third-order valence-electron chi connectivity index (χ3n) is 15.1. The fraction of sp³-hybridized carbons (Fsp3) is 0.0625. The van der Waals surface area contributed by atoms with Gasteiger partial charge in [0.25, 0.3) is 0 Å². The molecule has 66 heavy (non-hydrogen) atoms. The molecule has 1 spiro atoms. The fourth-order valence-corrected chi connectivity index (χ4v) is 12.2. The number of para-hydroxylation sites is 2. The molecule has 2 heteroatoms. The highest BCUT2D eigenvalue weighted by atomic mass is 16.3. The second kappa shape index (κ2) is 13.7. The van der Waals surface area contributed by atoms with Crippen LogP contribution in [-0.2, 0) is 10.8 Å². The van der Waals surface area contributed by atoms with Crippen LogP contribution in [0.15, 0.2) is 229 Å². The van der Waals surface area contributed by atoms with Crippen molar-refractivity contribution >= 4 is 39.0 Å². The summed E-state index contributed by atoms with van der Waals surface area (Å²) < 4.78 is 7.03. The first kappa shape index (κ1) is 37.2. The van der Waals surface area contributed by atoms with E-state index in [1.165, 1.54) is 77.9 Å². The van der Waals surface area contributed by atoms with Crippen LogP contribution in [0.1, 0.15) is 47.2 Å². The zero-order chi connectivity index (χ0) is 43.7. The van der Waals surface area contributed by atoms with E-state index in [0.29, 0.717) is 0 Å². The van der Waals surface area contributed by atoms with Crippen LogP contribution in [0.5, 0.6) is 0 Å². The average molecular weight is 842 g/mol. The smallest absolute Gasteiger partial charge is 0.143 e. The van der Waals surface area contributed by atoms with Gasteiger partial charge in [0.2, 0.25) is 0 Å². The SMILES string of the molecule is CC1(C)c2ccccc2-c2ccc(N(c3ccc(-c4cccc5c4oc4cc6c(cc45)C4(c5ccccc5-c5ccccc54)c4ccccc4-6)cc3)c3ccccc3-c3ccccc3)cc21. The van der Waals surface area contributed by atoms with Crippen molar-refractivity contribution in [2.75, 3.05) is 4.90 Å². The van der Waals surface area contributed by atoms with E-state index in [1.807, 2.05) is 0 Å². The highest BCUT2D eigenvalue weighted by Crippen LogP contribution is 2.63. The maximum atomic E-state index is 7.03. The first-order chi connectivity index (χ1) is 32.5. The maximum Gasteiger partial charge on any atom is 0.143 e. The molecule has 0 atom stereocenters. The minimum atomic E-state index is -0.409. The molecule has 3 aliphatic rings. The van der Waals surface area contributed by atoms with Gasteiger partial charge in [-0.15, -0.1) is 0 Å². The summed E-state index contributed by atoms with van der Waals surface area (Å²) in [6.07, 6.45) is 0. The summed E-state index contributed by atoms with van der Waals surface area (Å²) >= 11 is 0. The van der Waals surface area contributed by atoms with Crippen molar-refractivity contribution in [1.29, 1.82) is 0 Å². The summed E-state index contributed by atoms with van der Waals surface area (Å²) in [6.45, 7) is 4.71. The first-order valence-electron chi connectivity index (χ1n) is 23.1. The third kappa shape index (κ3) is 4.96. The van der Waals surface area contributed by atoms with E-state index in [0.717, 1.165) is 50.1 Å². The quantitative estimate of drug-likeness (QED) is 0.172. The Morgan fingerprint density at radius 2 is 0.848 bits per heavy atom. The lowest BCUT2D eigenvalue weighted by atomic mass is 9.70. The summed E-state index contributed by atoms with van der Waals surface area (Å²) in [5.74, 6) is 0. The lowest BCUT2D eigenvalue weighted by Crippen LogP contribution is -2.25. The van der Waals surface area contributed by atoms with Gasteiger partial charge in [-0.2, -0.15) is 0 Å². The van der Waals surface area contributed by atoms with Crippen LogP contribution in [0, 0.1) is 0 Å². The Balaban J connectivity index is 0.921. The number of fused-ring (bicyclic) bond motifs is 16. The van der Waals surface area contributed by atoms with E-state index in [2.05, 4.69) is 243 Å². The predicted molar refractivity (Wildman–Crippen MR) is 273 cm³/mol. The Morgan fingerprint density at radius 3 is 1.53 bits per heavy atom. The largest absolute Gasteiger partial charge is 0.455 e. The van der Waals surface area contributed by atoms with E-state index in [-0.39, 0.29) is 5.41 Å². The molecule has 0 N–H and O–H groups in total. The van der Waals surface area contributed by atoms with Gasteiger partial charge in [-0.05, 0) is 120 Å². The van der Waals surface area contributed by atoms with Crippen molar-refractivity contribution < 1.29 is 4.42 Å². The number of furan rings is 1. The summed E-state index contributed by atoms with van der Waals surface area (Å²) in [4.78, 5) is 2.43. The number of benzene rings is 10. The highest BCUT2D eigenvalue weighted by molar-refractivity contribution is 6.12. The van der Waals surface area contributed by atoms with Crippen LogP contribution in [0.25, 0.3) is 77.6 Å². The zero-order valence-electron chi connectivity index (χ0n) is 36.7. The molecule has 1 heterocycles. The van der Waals surface area contributed by atoms with Crippen molar-refractivity contribution in [2.24, 2.45) is 0 Å². The molecule has 310 valence electrons. The van der Waals surface area contributed by atoms with Crippen molar-refractivity contribution in [3.8, 4) is 55.6 Å². The molecule has 0 aliphatic heterocycles. The normalized spacial score (nSPS) is 14.2. The Labute approximate surface area is 384 Å². The van der Waals surface area contributed by atoms with Crippen molar-refractivity contribution in [1.82, 2.24) is 0 Å². The van der Waals surface area contributed by atoms with E-state index >= 15 is 0 Å². The monoisotopic (exact) mass is 841 g/mol. The second-order valence-electron chi connectivity index (χ2n) is 18.7. The van der Waals surface area contributed by atoms with E-state index < -0.39 is 5.41 Å². The van der Waals surface area contributed by atoms with Gasteiger partial charge in [0, 0.05) is 38.7 Å². The molecule has 3 aliphatic carbocycles. The van der Waals surface area contributed by atoms with Gasteiger partial charge >= 0.3 is 0 Å². The lowest BCUT2D eigenvalue weighted by molar-refractivity contribution is 0.660. The van der Waals surface area contributed by atoms with Gasteiger partial charge in [0.15, 0.2) is 0 Å². The van der Waals surface area contributed by atoms with Gasteiger partial charge in [0.1, 0.15) is 11.2 Å². The highest BCUT2D eigenvalue weighted by Gasteiger charge is 2.51. The number of anilines is 3. The Hall–Kier alpha value is -8.20. The minimum absolute atomic E-state index is 0.127.